The van der Waals surface area contributed by atoms with Crippen LogP contribution in [-0.4, -0.2) is 18.6 Å². The highest BCUT2D eigenvalue weighted by atomic mass is 16.5. The summed E-state index contributed by atoms with van der Waals surface area (Å²) in [6.07, 6.45) is -0.624. The van der Waals surface area contributed by atoms with E-state index in [1.54, 1.807) is 13.0 Å². The molecule has 0 radical (unpaired) electrons. The standard InChI is InChI=1S/C20H23NO3/c1-14(2)13-23-19-11-6-5-10-18(19)21-20(22)16(4)24-17-9-7-8-15(3)12-17/h5-12,16H,1,13H2,2-4H3,(H,21,22). The van der Waals surface area contributed by atoms with Crippen LogP contribution in [0.1, 0.15) is 19.4 Å². The van der Waals surface area contributed by atoms with Gasteiger partial charge in [0.05, 0.1) is 5.69 Å². The van der Waals surface area contributed by atoms with Crippen LogP contribution in [0.2, 0.25) is 0 Å². The van der Waals surface area contributed by atoms with Gasteiger partial charge < -0.3 is 14.8 Å². The van der Waals surface area contributed by atoms with Crippen LogP contribution >= 0.6 is 0 Å². The van der Waals surface area contributed by atoms with Gasteiger partial charge in [-0.1, -0.05) is 30.8 Å². The zero-order chi connectivity index (χ0) is 17.5. The molecule has 1 amide bonds. The lowest BCUT2D eigenvalue weighted by Crippen LogP contribution is -2.30. The molecule has 4 nitrogen and oxygen atoms in total. The summed E-state index contributed by atoms with van der Waals surface area (Å²) in [5, 5.41) is 2.85. The Bertz CT molecular complexity index is 724. The lowest BCUT2D eigenvalue weighted by Gasteiger charge is -2.17. The van der Waals surface area contributed by atoms with Gasteiger partial charge in [-0.3, -0.25) is 4.79 Å². The van der Waals surface area contributed by atoms with Gasteiger partial charge in [-0.15, -0.1) is 0 Å². The molecule has 0 aliphatic carbocycles. The van der Waals surface area contributed by atoms with Crippen molar-refractivity contribution in [1.29, 1.82) is 0 Å². The summed E-state index contributed by atoms with van der Waals surface area (Å²) in [4.78, 5) is 12.4. The Morgan fingerprint density at radius 2 is 1.96 bits per heavy atom. The van der Waals surface area contributed by atoms with Crippen LogP contribution in [0.25, 0.3) is 0 Å². The molecule has 0 aliphatic heterocycles. The first-order valence-corrected chi connectivity index (χ1v) is 7.86. The highest BCUT2D eigenvalue weighted by Gasteiger charge is 2.16. The Morgan fingerprint density at radius 3 is 2.67 bits per heavy atom. The number of rotatable bonds is 7. The number of ether oxygens (including phenoxy) is 2. The van der Waals surface area contributed by atoms with Crippen LogP contribution in [0.4, 0.5) is 5.69 Å². The molecule has 1 N–H and O–H groups in total. The molecular weight excluding hydrogens is 302 g/mol. The number of nitrogens with one attached hydrogen (secondary N) is 1. The van der Waals surface area contributed by atoms with E-state index in [0.717, 1.165) is 11.1 Å². The van der Waals surface area contributed by atoms with E-state index in [1.165, 1.54) is 0 Å². The lowest BCUT2D eigenvalue weighted by atomic mass is 10.2. The average Bonchev–Trinajstić information content (AvgIpc) is 2.54. The molecule has 0 bridgehead atoms. The quantitative estimate of drug-likeness (QED) is 0.770. The minimum absolute atomic E-state index is 0.233. The van der Waals surface area contributed by atoms with Crippen molar-refractivity contribution in [2.24, 2.45) is 0 Å². The van der Waals surface area contributed by atoms with Crippen molar-refractivity contribution in [3.63, 3.8) is 0 Å². The third-order valence-corrected chi connectivity index (χ3v) is 3.29. The lowest BCUT2D eigenvalue weighted by molar-refractivity contribution is -0.122. The first-order valence-electron chi connectivity index (χ1n) is 7.86. The topological polar surface area (TPSA) is 47.6 Å². The summed E-state index contributed by atoms with van der Waals surface area (Å²) in [7, 11) is 0. The van der Waals surface area contributed by atoms with E-state index in [0.29, 0.717) is 23.8 Å². The predicted molar refractivity (Wildman–Crippen MR) is 96.6 cm³/mol. The van der Waals surface area contributed by atoms with Crippen LogP contribution in [0.5, 0.6) is 11.5 Å². The van der Waals surface area contributed by atoms with E-state index < -0.39 is 6.10 Å². The van der Waals surface area contributed by atoms with Crippen LogP contribution in [0.3, 0.4) is 0 Å². The van der Waals surface area contributed by atoms with E-state index in [9.17, 15) is 4.79 Å². The number of anilines is 1. The molecule has 0 aromatic heterocycles. The number of carbonyl (C=O) groups excluding carboxylic acids is 1. The highest BCUT2D eigenvalue weighted by Crippen LogP contribution is 2.24. The van der Waals surface area contributed by atoms with Gasteiger partial charge in [-0.25, -0.2) is 0 Å². The molecule has 0 heterocycles. The molecule has 2 aromatic rings. The Labute approximate surface area is 143 Å². The fraction of sp³-hybridized carbons (Fsp3) is 0.250. The van der Waals surface area contributed by atoms with Crippen LogP contribution < -0.4 is 14.8 Å². The summed E-state index contributed by atoms with van der Waals surface area (Å²) in [5.41, 5.74) is 2.61. The largest absolute Gasteiger partial charge is 0.487 e. The van der Waals surface area contributed by atoms with Crippen molar-refractivity contribution in [3.05, 3.63) is 66.2 Å². The SMILES string of the molecule is C=C(C)COc1ccccc1NC(=O)C(C)Oc1cccc(C)c1. The maximum Gasteiger partial charge on any atom is 0.265 e. The summed E-state index contributed by atoms with van der Waals surface area (Å²) < 4.78 is 11.4. The molecule has 0 aliphatic rings. The number of aryl methyl sites for hydroxylation is 1. The molecule has 0 saturated carbocycles. The number of hydrogen-bond donors (Lipinski definition) is 1. The maximum absolute atomic E-state index is 12.4. The summed E-state index contributed by atoms with van der Waals surface area (Å²) in [5.74, 6) is 1.05. The van der Waals surface area contributed by atoms with Crippen molar-refractivity contribution in [2.75, 3.05) is 11.9 Å². The molecule has 4 heteroatoms. The number of hydrogen-bond acceptors (Lipinski definition) is 3. The van der Waals surface area contributed by atoms with E-state index in [1.807, 2.05) is 56.3 Å². The van der Waals surface area contributed by atoms with Gasteiger partial charge in [-0.2, -0.15) is 0 Å². The Morgan fingerprint density at radius 1 is 1.21 bits per heavy atom. The van der Waals surface area contributed by atoms with Crippen LogP contribution in [0, 0.1) is 6.92 Å². The van der Waals surface area contributed by atoms with Crippen molar-refractivity contribution in [2.45, 2.75) is 26.9 Å². The molecule has 24 heavy (non-hydrogen) atoms. The minimum Gasteiger partial charge on any atom is -0.487 e. The summed E-state index contributed by atoms with van der Waals surface area (Å²) in [6.45, 7) is 9.80. The Kier molecular flexibility index (Phi) is 6.01. The van der Waals surface area contributed by atoms with E-state index in [4.69, 9.17) is 9.47 Å². The van der Waals surface area contributed by atoms with Gasteiger partial charge in [0, 0.05) is 0 Å². The molecule has 2 rings (SSSR count). The third-order valence-electron chi connectivity index (χ3n) is 3.29. The first kappa shape index (κ1) is 17.6. The smallest absolute Gasteiger partial charge is 0.265 e. The molecule has 0 fully saturated rings. The zero-order valence-electron chi connectivity index (χ0n) is 14.3. The van der Waals surface area contributed by atoms with Crippen LogP contribution in [0.15, 0.2) is 60.7 Å². The van der Waals surface area contributed by atoms with Gasteiger partial charge in [0.25, 0.3) is 5.91 Å². The predicted octanol–water partition coefficient (Wildman–Crippen LogP) is 4.36. The maximum atomic E-state index is 12.4. The molecule has 0 saturated heterocycles. The first-order chi connectivity index (χ1) is 11.5. The molecule has 1 unspecified atom stereocenters. The second kappa shape index (κ2) is 8.20. The van der Waals surface area contributed by atoms with Gasteiger partial charge in [-0.05, 0) is 56.2 Å². The molecule has 2 aromatic carbocycles. The second-order valence-electron chi connectivity index (χ2n) is 5.81. The molecule has 0 spiro atoms. The van der Waals surface area contributed by atoms with Crippen LogP contribution in [-0.2, 0) is 4.79 Å². The average molecular weight is 325 g/mol. The monoisotopic (exact) mass is 325 g/mol. The molecule has 126 valence electrons. The van der Waals surface area contributed by atoms with Crippen molar-refractivity contribution in [3.8, 4) is 11.5 Å². The van der Waals surface area contributed by atoms with E-state index in [2.05, 4.69) is 11.9 Å². The van der Waals surface area contributed by atoms with Gasteiger partial charge in [0.15, 0.2) is 6.10 Å². The second-order valence-corrected chi connectivity index (χ2v) is 5.81. The fourth-order valence-electron chi connectivity index (χ4n) is 2.08. The number of benzene rings is 2. The number of para-hydroxylation sites is 2. The third kappa shape index (κ3) is 5.16. The zero-order valence-corrected chi connectivity index (χ0v) is 14.3. The van der Waals surface area contributed by atoms with E-state index in [-0.39, 0.29) is 5.91 Å². The number of carbonyl (C=O) groups is 1. The van der Waals surface area contributed by atoms with Gasteiger partial charge in [0.2, 0.25) is 0 Å². The molecular formula is C20H23NO3. The van der Waals surface area contributed by atoms with Crippen molar-refractivity contribution < 1.29 is 14.3 Å². The Balaban J connectivity index is 2.02. The van der Waals surface area contributed by atoms with Crippen molar-refractivity contribution in [1.82, 2.24) is 0 Å². The van der Waals surface area contributed by atoms with Gasteiger partial charge in [0.1, 0.15) is 18.1 Å². The summed E-state index contributed by atoms with van der Waals surface area (Å²) in [6, 6.07) is 14.9. The highest BCUT2D eigenvalue weighted by molar-refractivity contribution is 5.95. The van der Waals surface area contributed by atoms with Gasteiger partial charge >= 0.3 is 0 Å². The number of amides is 1. The normalized spacial score (nSPS) is 11.5. The Hall–Kier alpha value is -2.75. The van der Waals surface area contributed by atoms with Crippen molar-refractivity contribution >= 4 is 11.6 Å². The minimum atomic E-state index is -0.624. The molecule has 1 atom stereocenters. The summed E-state index contributed by atoms with van der Waals surface area (Å²) >= 11 is 0. The fourth-order valence-corrected chi connectivity index (χ4v) is 2.08. The van der Waals surface area contributed by atoms with E-state index >= 15 is 0 Å².